The minimum Gasteiger partial charge on any atom is -0.491 e. The van der Waals surface area contributed by atoms with Crippen molar-refractivity contribution >= 4 is 5.91 Å². The van der Waals surface area contributed by atoms with E-state index in [-0.39, 0.29) is 11.9 Å². The molecule has 2 aromatic heterocycles. The van der Waals surface area contributed by atoms with Crippen molar-refractivity contribution in [1.29, 1.82) is 0 Å². The molecule has 1 aliphatic rings. The molecule has 1 aliphatic heterocycles. The first kappa shape index (κ1) is 19.1. The summed E-state index contributed by atoms with van der Waals surface area (Å²) in [5.74, 6) is 2.00. The van der Waals surface area contributed by atoms with Crippen molar-refractivity contribution in [1.82, 2.24) is 29.6 Å². The minimum atomic E-state index is -0.394. The standard InChI is InChI=1S/C20H25N7O2/c1-12(2)27-20(23-11-24-27)16-10-26-6-7-29-17-8-14(9-22-13(3)18(21)28)4-5-15(17)19(26)25-16/h4-5,8,10-13,22H,6-7,9H2,1-3H3,(H2,21,28)/t13-/m0/s1. The minimum absolute atomic E-state index is 0.197. The smallest absolute Gasteiger partial charge is 0.234 e. The molecule has 0 unspecified atom stereocenters. The van der Waals surface area contributed by atoms with E-state index >= 15 is 0 Å². The predicted octanol–water partition coefficient (Wildman–Crippen LogP) is 1.75. The Morgan fingerprint density at radius 1 is 1.31 bits per heavy atom. The topological polar surface area (TPSA) is 113 Å². The Labute approximate surface area is 168 Å². The Bertz CT molecular complexity index is 1040. The molecule has 3 heterocycles. The Hall–Kier alpha value is -3.20. The highest BCUT2D eigenvalue weighted by Crippen LogP contribution is 2.34. The van der Waals surface area contributed by atoms with Crippen molar-refractivity contribution in [2.24, 2.45) is 5.73 Å². The van der Waals surface area contributed by atoms with Crippen molar-refractivity contribution in [3.8, 4) is 28.7 Å². The molecule has 29 heavy (non-hydrogen) atoms. The van der Waals surface area contributed by atoms with Crippen molar-refractivity contribution in [3.05, 3.63) is 36.3 Å². The Morgan fingerprint density at radius 3 is 2.90 bits per heavy atom. The lowest BCUT2D eigenvalue weighted by Crippen LogP contribution is -2.38. The fourth-order valence-electron chi connectivity index (χ4n) is 3.33. The van der Waals surface area contributed by atoms with Crippen molar-refractivity contribution in [2.75, 3.05) is 6.61 Å². The number of primary amides is 1. The van der Waals surface area contributed by atoms with Gasteiger partial charge in [-0.05, 0) is 38.5 Å². The van der Waals surface area contributed by atoms with Gasteiger partial charge in [0.1, 0.15) is 30.2 Å². The average Bonchev–Trinajstić information content (AvgIpc) is 3.30. The number of imidazole rings is 1. The third-order valence-electron chi connectivity index (χ3n) is 4.98. The molecule has 1 aromatic carbocycles. The normalized spacial score (nSPS) is 14.1. The summed E-state index contributed by atoms with van der Waals surface area (Å²) in [7, 11) is 0. The summed E-state index contributed by atoms with van der Waals surface area (Å²) in [5, 5.41) is 7.42. The van der Waals surface area contributed by atoms with Crippen LogP contribution in [0.15, 0.2) is 30.7 Å². The summed E-state index contributed by atoms with van der Waals surface area (Å²) in [6.07, 6.45) is 3.56. The monoisotopic (exact) mass is 395 g/mol. The van der Waals surface area contributed by atoms with Crippen LogP contribution in [0.1, 0.15) is 32.4 Å². The van der Waals surface area contributed by atoms with Crippen LogP contribution in [0.25, 0.3) is 22.9 Å². The molecule has 0 aliphatic carbocycles. The predicted molar refractivity (Wildman–Crippen MR) is 108 cm³/mol. The maximum Gasteiger partial charge on any atom is 0.234 e. The Morgan fingerprint density at radius 2 is 2.14 bits per heavy atom. The molecule has 3 aromatic rings. The fourth-order valence-corrected chi connectivity index (χ4v) is 3.33. The Balaban J connectivity index is 1.65. The van der Waals surface area contributed by atoms with Gasteiger partial charge in [0.2, 0.25) is 5.91 Å². The van der Waals surface area contributed by atoms with Crippen LogP contribution in [0.3, 0.4) is 0 Å². The number of ether oxygens (including phenoxy) is 1. The lowest BCUT2D eigenvalue weighted by atomic mass is 10.1. The van der Waals surface area contributed by atoms with Crippen LogP contribution < -0.4 is 15.8 Å². The number of nitrogens with zero attached hydrogens (tertiary/aromatic N) is 5. The molecule has 0 spiro atoms. The van der Waals surface area contributed by atoms with E-state index in [9.17, 15) is 4.79 Å². The van der Waals surface area contributed by atoms with Gasteiger partial charge in [0.15, 0.2) is 5.82 Å². The van der Waals surface area contributed by atoms with Crippen LogP contribution >= 0.6 is 0 Å². The number of hydrogen-bond donors (Lipinski definition) is 2. The van der Waals surface area contributed by atoms with E-state index in [1.54, 1.807) is 13.3 Å². The number of benzene rings is 1. The molecule has 4 rings (SSSR count). The summed E-state index contributed by atoms with van der Waals surface area (Å²) in [5.41, 5.74) is 8.04. The largest absolute Gasteiger partial charge is 0.491 e. The lowest BCUT2D eigenvalue weighted by Gasteiger charge is -2.12. The third-order valence-corrected chi connectivity index (χ3v) is 4.98. The number of carbonyl (C=O) groups is 1. The van der Waals surface area contributed by atoms with Gasteiger partial charge >= 0.3 is 0 Å². The third kappa shape index (κ3) is 3.73. The first-order valence-electron chi connectivity index (χ1n) is 9.70. The molecule has 0 saturated carbocycles. The number of amides is 1. The molecular weight excluding hydrogens is 370 g/mol. The highest BCUT2D eigenvalue weighted by Gasteiger charge is 2.22. The van der Waals surface area contributed by atoms with E-state index in [1.807, 2.05) is 29.1 Å². The summed E-state index contributed by atoms with van der Waals surface area (Å²) in [6.45, 7) is 7.64. The molecule has 9 nitrogen and oxygen atoms in total. The average molecular weight is 395 g/mol. The van der Waals surface area contributed by atoms with Gasteiger partial charge in [0, 0.05) is 18.8 Å². The number of nitrogens with one attached hydrogen (secondary N) is 1. The molecule has 3 N–H and O–H groups in total. The van der Waals surface area contributed by atoms with Gasteiger partial charge in [-0.25, -0.2) is 14.6 Å². The van der Waals surface area contributed by atoms with Crippen molar-refractivity contribution < 1.29 is 9.53 Å². The summed E-state index contributed by atoms with van der Waals surface area (Å²) >= 11 is 0. The Kier molecular flexibility index (Phi) is 5.06. The second kappa shape index (κ2) is 7.67. The van der Waals surface area contributed by atoms with E-state index in [4.69, 9.17) is 15.5 Å². The number of carbonyl (C=O) groups excluding carboxylic acids is 1. The summed E-state index contributed by atoms with van der Waals surface area (Å²) in [4.78, 5) is 20.5. The summed E-state index contributed by atoms with van der Waals surface area (Å²) in [6, 6.07) is 5.79. The zero-order valence-electron chi connectivity index (χ0n) is 16.8. The molecule has 0 saturated heterocycles. The van der Waals surface area contributed by atoms with Crippen molar-refractivity contribution in [3.63, 3.8) is 0 Å². The first-order chi connectivity index (χ1) is 13.9. The van der Waals surface area contributed by atoms with Gasteiger partial charge in [0.25, 0.3) is 0 Å². The van der Waals surface area contributed by atoms with E-state index in [1.165, 1.54) is 0 Å². The molecular formula is C20H25N7O2. The second-order valence-corrected chi connectivity index (χ2v) is 7.45. The zero-order valence-corrected chi connectivity index (χ0v) is 16.8. The van der Waals surface area contributed by atoms with E-state index < -0.39 is 6.04 Å². The lowest BCUT2D eigenvalue weighted by molar-refractivity contribution is -0.119. The van der Waals surface area contributed by atoms with Crippen LogP contribution in [0.5, 0.6) is 5.75 Å². The number of fused-ring (bicyclic) bond motifs is 3. The molecule has 1 atom stereocenters. The molecule has 152 valence electrons. The van der Waals surface area contributed by atoms with Gasteiger partial charge < -0.3 is 20.4 Å². The summed E-state index contributed by atoms with van der Waals surface area (Å²) < 4.78 is 9.92. The van der Waals surface area contributed by atoms with E-state index in [0.29, 0.717) is 19.7 Å². The van der Waals surface area contributed by atoms with E-state index in [0.717, 1.165) is 34.2 Å². The maximum absolute atomic E-state index is 11.2. The highest BCUT2D eigenvalue weighted by molar-refractivity contribution is 5.79. The molecule has 0 bridgehead atoms. The van der Waals surface area contributed by atoms with Gasteiger partial charge in [-0.3, -0.25) is 4.79 Å². The van der Waals surface area contributed by atoms with Gasteiger partial charge in [0.05, 0.1) is 18.2 Å². The van der Waals surface area contributed by atoms with Gasteiger partial charge in [-0.1, -0.05) is 6.07 Å². The number of aromatic nitrogens is 5. The van der Waals surface area contributed by atoms with Crippen LogP contribution in [0, 0.1) is 0 Å². The maximum atomic E-state index is 11.2. The van der Waals surface area contributed by atoms with E-state index in [2.05, 4.69) is 33.8 Å². The van der Waals surface area contributed by atoms with Crippen LogP contribution in [0.4, 0.5) is 0 Å². The molecule has 0 fully saturated rings. The van der Waals surface area contributed by atoms with Crippen LogP contribution in [0.2, 0.25) is 0 Å². The second-order valence-electron chi connectivity index (χ2n) is 7.45. The quantitative estimate of drug-likeness (QED) is 0.657. The van der Waals surface area contributed by atoms with Crippen molar-refractivity contribution in [2.45, 2.75) is 45.9 Å². The van der Waals surface area contributed by atoms with Crippen LogP contribution in [-0.2, 0) is 17.9 Å². The number of hydrogen-bond acceptors (Lipinski definition) is 6. The highest BCUT2D eigenvalue weighted by atomic mass is 16.5. The molecule has 9 heteroatoms. The molecule has 0 radical (unpaired) electrons. The van der Waals surface area contributed by atoms with Gasteiger partial charge in [-0.2, -0.15) is 5.10 Å². The molecule has 1 amide bonds. The number of rotatable bonds is 6. The first-order valence-corrected chi connectivity index (χ1v) is 9.70. The SMILES string of the molecule is CC(C)n1ncnc1-c1cn2c(n1)-c1ccc(CN[C@@H](C)C(N)=O)cc1OCC2. The van der Waals surface area contributed by atoms with Gasteiger partial charge in [-0.15, -0.1) is 0 Å². The van der Waals surface area contributed by atoms with Crippen LogP contribution in [-0.4, -0.2) is 42.9 Å². The number of nitrogens with two attached hydrogens (primary N) is 1. The zero-order chi connectivity index (χ0) is 20.5. The fraction of sp³-hybridized carbons (Fsp3) is 0.400.